The number of nitrogens with zero attached hydrogens (tertiary/aromatic N) is 1. The number of halogens is 3. The number of benzene rings is 1. The van der Waals surface area contributed by atoms with Gasteiger partial charge in [0.05, 0.1) is 14.9 Å². The second-order valence-corrected chi connectivity index (χ2v) is 7.87. The van der Waals surface area contributed by atoms with E-state index in [4.69, 9.17) is 11.6 Å². The molecule has 1 amide bonds. The summed E-state index contributed by atoms with van der Waals surface area (Å²) in [5.74, 6) is -0.672. The number of rotatable bonds is 5. The molecule has 7 heteroatoms. The van der Waals surface area contributed by atoms with Gasteiger partial charge in [-0.05, 0) is 60.2 Å². The van der Waals surface area contributed by atoms with Crippen molar-refractivity contribution in [2.45, 2.75) is 19.5 Å². The number of hydrogen-bond acceptors (Lipinski definition) is 3. The predicted octanol–water partition coefficient (Wildman–Crippen LogP) is 4.76. The summed E-state index contributed by atoms with van der Waals surface area (Å²) in [7, 11) is 1.88. The second kappa shape index (κ2) is 7.55. The van der Waals surface area contributed by atoms with Crippen LogP contribution in [0.4, 0.5) is 10.1 Å². The van der Waals surface area contributed by atoms with E-state index in [0.717, 1.165) is 3.79 Å². The van der Waals surface area contributed by atoms with Gasteiger partial charge in [0.15, 0.2) is 0 Å². The van der Waals surface area contributed by atoms with Crippen molar-refractivity contribution in [2.75, 3.05) is 12.4 Å². The first-order valence-electron chi connectivity index (χ1n) is 6.57. The fourth-order valence-electron chi connectivity index (χ4n) is 1.84. The van der Waals surface area contributed by atoms with E-state index in [2.05, 4.69) is 21.2 Å². The molecule has 0 bridgehead atoms. The van der Waals surface area contributed by atoms with Gasteiger partial charge in [0.2, 0.25) is 5.91 Å². The third-order valence-electron chi connectivity index (χ3n) is 3.26. The first-order valence-corrected chi connectivity index (χ1v) is 8.56. The highest BCUT2D eigenvalue weighted by molar-refractivity contribution is 9.11. The van der Waals surface area contributed by atoms with Gasteiger partial charge in [-0.25, -0.2) is 4.39 Å². The Morgan fingerprint density at radius 3 is 2.77 bits per heavy atom. The van der Waals surface area contributed by atoms with E-state index in [0.29, 0.717) is 12.2 Å². The van der Waals surface area contributed by atoms with Crippen LogP contribution in [0.3, 0.4) is 0 Å². The topological polar surface area (TPSA) is 32.3 Å². The number of carbonyl (C=O) groups is 1. The normalized spacial score (nSPS) is 12.5. The van der Waals surface area contributed by atoms with Crippen molar-refractivity contribution < 1.29 is 9.18 Å². The van der Waals surface area contributed by atoms with E-state index in [1.54, 1.807) is 11.3 Å². The molecule has 0 aliphatic carbocycles. The number of thiophene rings is 1. The number of anilines is 1. The molecule has 0 radical (unpaired) electrons. The average Bonchev–Trinajstić information content (AvgIpc) is 2.87. The Hall–Kier alpha value is -0.950. The molecule has 118 valence electrons. The van der Waals surface area contributed by atoms with Crippen molar-refractivity contribution in [3.8, 4) is 0 Å². The Labute approximate surface area is 146 Å². The Balaban J connectivity index is 1.97. The van der Waals surface area contributed by atoms with Crippen LogP contribution in [0.2, 0.25) is 5.02 Å². The van der Waals surface area contributed by atoms with Crippen LogP contribution < -0.4 is 5.32 Å². The van der Waals surface area contributed by atoms with Crippen LogP contribution in [0.25, 0.3) is 0 Å². The molecule has 1 aromatic heterocycles. The molecule has 22 heavy (non-hydrogen) atoms. The van der Waals surface area contributed by atoms with Crippen LogP contribution in [0, 0.1) is 5.82 Å². The zero-order valence-electron chi connectivity index (χ0n) is 12.1. The van der Waals surface area contributed by atoms with Crippen LogP contribution in [-0.2, 0) is 11.3 Å². The molecule has 1 heterocycles. The van der Waals surface area contributed by atoms with Gasteiger partial charge in [-0.15, -0.1) is 11.3 Å². The molecule has 0 aliphatic rings. The lowest BCUT2D eigenvalue weighted by Crippen LogP contribution is -2.39. The summed E-state index contributed by atoms with van der Waals surface area (Å²) in [5, 5.41) is 2.73. The largest absolute Gasteiger partial charge is 0.325 e. The van der Waals surface area contributed by atoms with E-state index < -0.39 is 5.82 Å². The number of likely N-dealkylation sites (N-methyl/N-ethyl adjacent to an activating group) is 1. The maximum absolute atomic E-state index is 13.1. The van der Waals surface area contributed by atoms with E-state index in [1.165, 1.54) is 23.1 Å². The highest BCUT2D eigenvalue weighted by atomic mass is 79.9. The summed E-state index contributed by atoms with van der Waals surface area (Å²) >= 11 is 10.8. The summed E-state index contributed by atoms with van der Waals surface area (Å²) < 4.78 is 14.2. The van der Waals surface area contributed by atoms with Crippen molar-refractivity contribution >= 4 is 50.5 Å². The summed E-state index contributed by atoms with van der Waals surface area (Å²) in [6.45, 7) is 2.50. The Kier molecular flexibility index (Phi) is 5.97. The lowest BCUT2D eigenvalue weighted by atomic mass is 10.2. The molecular formula is C15H15BrClFN2OS. The first-order chi connectivity index (χ1) is 10.4. The summed E-state index contributed by atoms with van der Waals surface area (Å²) in [4.78, 5) is 15.4. The highest BCUT2D eigenvalue weighted by Gasteiger charge is 2.19. The van der Waals surface area contributed by atoms with Crippen LogP contribution in [0.1, 0.15) is 11.8 Å². The number of nitrogens with one attached hydrogen (secondary N) is 1. The summed E-state index contributed by atoms with van der Waals surface area (Å²) in [6.07, 6.45) is 0. The zero-order chi connectivity index (χ0) is 16.3. The van der Waals surface area contributed by atoms with Crippen molar-refractivity contribution in [3.63, 3.8) is 0 Å². The van der Waals surface area contributed by atoms with Crippen molar-refractivity contribution in [1.29, 1.82) is 0 Å². The lowest BCUT2D eigenvalue weighted by molar-refractivity contribution is -0.120. The van der Waals surface area contributed by atoms with Gasteiger partial charge in [-0.3, -0.25) is 9.69 Å². The first kappa shape index (κ1) is 17.4. The van der Waals surface area contributed by atoms with Gasteiger partial charge in [0, 0.05) is 17.1 Å². The van der Waals surface area contributed by atoms with Gasteiger partial charge >= 0.3 is 0 Å². The SMILES string of the molecule is CC(C(=O)Nc1ccc(F)c(Cl)c1)N(C)Cc1ccc(Br)s1. The van der Waals surface area contributed by atoms with Crippen molar-refractivity contribution in [2.24, 2.45) is 0 Å². The van der Waals surface area contributed by atoms with Gasteiger partial charge in [-0.2, -0.15) is 0 Å². The van der Waals surface area contributed by atoms with Crippen LogP contribution >= 0.6 is 38.9 Å². The molecule has 0 fully saturated rings. The zero-order valence-corrected chi connectivity index (χ0v) is 15.2. The minimum atomic E-state index is -0.506. The van der Waals surface area contributed by atoms with Crippen molar-refractivity contribution in [3.05, 3.63) is 49.8 Å². The molecular weight excluding hydrogens is 391 g/mol. The fraction of sp³-hybridized carbons (Fsp3) is 0.267. The van der Waals surface area contributed by atoms with E-state index >= 15 is 0 Å². The Bertz CT molecular complexity index is 679. The predicted molar refractivity (Wildman–Crippen MR) is 93.0 cm³/mol. The molecule has 2 rings (SSSR count). The van der Waals surface area contributed by atoms with E-state index in [9.17, 15) is 9.18 Å². The molecule has 1 aromatic carbocycles. The molecule has 1 N–H and O–H groups in total. The summed E-state index contributed by atoms with van der Waals surface area (Å²) in [6, 6.07) is 7.80. The summed E-state index contributed by atoms with van der Waals surface area (Å²) in [5.41, 5.74) is 0.482. The van der Waals surface area contributed by atoms with Gasteiger partial charge in [0.25, 0.3) is 0 Å². The average molecular weight is 406 g/mol. The van der Waals surface area contributed by atoms with E-state index in [-0.39, 0.29) is 17.0 Å². The molecule has 3 nitrogen and oxygen atoms in total. The quantitative estimate of drug-likeness (QED) is 0.777. The smallest absolute Gasteiger partial charge is 0.241 e. The Morgan fingerprint density at radius 1 is 1.45 bits per heavy atom. The lowest BCUT2D eigenvalue weighted by Gasteiger charge is -2.23. The Morgan fingerprint density at radius 2 is 2.18 bits per heavy atom. The number of hydrogen-bond donors (Lipinski definition) is 1. The fourth-order valence-corrected chi connectivity index (χ4v) is 3.57. The van der Waals surface area contributed by atoms with Gasteiger partial charge in [0.1, 0.15) is 5.82 Å². The van der Waals surface area contributed by atoms with Gasteiger partial charge in [-0.1, -0.05) is 11.6 Å². The minimum Gasteiger partial charge on any atom is -0.325 e. The molecule has 0 spiro atoms. The minimum absolute atomic E-state index is 0.0118. The van der Waals surface area contributed by atoms with Crippen molar-refractivity contribution in [1.82, 2.24) is 4.90 Å². The molecule has 0 saturated carbocycles. The monoisotopic (exact) mass is 404 g/mol. The second-order valence-electron chi connectivity index (χ2n) is 4.92. The molecule has 2 aromatic rings. The standard InChI is InChI=1S/C15H15BrClFN2OS/c1-9(20(2)8-11-4-6-14(16)22-11)15(21)19-10-3-5-13(18)12(17)7-10/h3-7,9H,8H2,1-2H3,(H,19,21). The molecule has 1 unspecified atom stereocenters. The van der Waals surface area contributed by atoms with Crippen LogP contribution in [-0.4, -0.2) is 23.9 Å². The third-order valence-corrected chi connectivity index (χ3v) is 5.16. The molecule has 0 aliphatic heterocycles. The maximum Gasteiger partial charge on any atom is 0.241 e. The molecule has 1 atom stereocenters. The number of amides is 1. The maximum atomic E-state index is 13.1. The van der Waals surface area contributed by atoms with Crippen LogP contribution in [0.15, 0.2) is 34.1 Å². The molecule has 0 saturated heterocycles. The number of carbonyl (C=O) groups excluding carboxylic acids is 1. The van der Waals surface area contributed by atoms with Crippen LogP contribution in [0.5, 0.6) is 0 Å². The third kappa shape index (κ3) is 4.52. The van der Waals surface area contributed by atoms with Gasteiger partial charge < -0.3 is 5.32 Å². The highest BCUT2D eigenvalue weighted by Crippen LogP contribution is 2.24. The van der Waals surface area contributed by atoms with E-state index in [1.807, 2.05) is 31.0 Å².